The van der Waals surface area contributed by atoms with Crippen LogP contribution in [0, 0.1) is 0 Å². The van der Waals surface area contributed by atoms with Crippen molar-refractivity contribution in [1.82, 2.24) is 0 Å². The molecule has 1 aliphatic rings. The molecule has 158 valence electrons. The number of hydrogen-bond acceptors (Lipinski definition) is 10. The Kier molecular flexibility index (Phi) is 9.77. The van der Waals surface area contributed by atoms with Crippen molar-refractivity contribution in [3.8, 4) is 0 Å². The smallest absolute Gasteiger partial charge is 0.306 e. The molecule has 0 aromatic heterocycles. The van der Waals surface area contributed by atoms with Gasteiger partial charge in [-0.1, -0.05) is 6.08 Å². The average Bonchev–Trinajstić information content (AvgIpc) is 2.61. The molecule has 28 heavy (non-hydrogen) atoms. The zero-order chi connectivity index (χ0) is 21.3. The Bertz CT molecular complexity index is 587. The van der Waals surface area contributed by atoms with E-state index in [0.717, 1.165) is 13.8 Å². The molecule has 10 nitrogen and oxygen atoms in total. The summed E-state index contributed by atoms with van der Waals surface area (Å²) in [5, 5.41) is 9.66. The lowest BCUT2D eigenvalue weighted by molar-refractivity contribution is -0.305. The topological polar surface area (TPSA) is 135 Å². The fourth-order valence-corrected chi connectivity index (χ4v) is 2.60. The Labute approximate surface area is 162 Å². The third-order valence-electron chi connectivity index (χ3n) is 3.70. The van der Waals surface area contributed by atoms with Gasteiger partial charge in [0.25, 0.3) is 0 Å². The lowest BCUT2D eigenvalue weighted by Gasteiger charge is -2.43. The van der Waals surface area contributed by atoms with Crippen molar-refractivity contribution in [2.24, 2.45) is 0 Å². The quantitative estimate of drug-likeness (QED) is 0.303. The second-order valence-electron chi connectivity index (χ2n) is 6.15. The van der Waals surface area contributed by atoms with Crippen molar-refractivity contribution in [3.05, 3.63) is 12.7 Å². The van der Waals surface area contributed by atoms with Gasteiger partial charge in [-0.25, -0.2) is 0 Å². The predicted molar refractivity (Wildman–Crippen MR) is 92.8 cm³/mol. The molecular weight excluding hydrogens is 376 g/mol. The molecule has 1 saturated heterocycles. The number of carbonyl (C=O) groups is 4. The van der Waals surface area contributed by atoms with E-state index in [4.69, 9.17) is 23.7 Å². The summed E-state index contributed by atoms with van der Waals surface area (Å²) in [5.41, 5.74) is 0. The van der Waals surface area contributed by atoms with Crippen molar-refractivity contribution < 1.29 is 48.0 Å². The molecule has 0 aliphatic carbocycles. The lowest BCUT2D eigenvalue weighted by atomic mass is 9.98. The molecule has 0 unspecified atom stereocenters. The van der Waals surface area contributed by atoms with Gasteiger partial charge < -0.3 is 33.6 Å². The summed E-state index contributed by atoms with van der Waals surface area (Å²) in [5.74, 6) is -2.40. The summed E-state index contributed by atoms with van der Waals surface area (Å²) in [4.78, 5) is 46.3. The Hall–Kier alpha value is -2.30. The molecule has 0 amide bonds. The number of aliphatic hydroxyl groups is 1. The number of ketones is 1. The maximum Gasteiger partial charge on any atom is 0.306 e. The monoisotopic (exact) mass is 402 g/mol. The predicted octanol–water partition coefficient (Wildman–Crippen LogP) is 0.0506. The average molecular weight is 402 g/mol. The molecular formula is C18H26O10. The molecule has 0 saturated carbocycles. The molecule has 1 N–H and O–H groups in total. The number of ether oxygens (including phenoxy) is 5. The Morgan fingerprint density at radius 3 is 2.07 bits per heavy atom. The molecule has 0 aromatic rings. The van der Waals surface area contributed by atoms with E-state index >= 15 is 0 Å². The minimum absolute atomic E-state index is 0.0242. The first-order chi connectivity index (χ1) is 13.2. The standard InChI is InChI=1S/C18H26O10/c1-5-8-24-18-17(26-12(4)22)16(25-11(3)21)15(13(9-19)27-18)28-14(23)7-6-10(2)20/h5,13,15-19H,1,6-9H2,2-4H3/t13-,15-,16+,17-,18-/m1/s1. The fourth-order valence-electron chi connectivity index (χ4n) is 2.60. The van der Waals surface area contributed by atoms with Crippen molar-refractivity contribution in [2.75, 3.05) is 13.2 Å². The van der Waals surface area contributed by atoms with Crippen molar-refractivity contribution in [3.63, 3.8) is 0 Å². The molecule has 5 atom stereocenters. The third-order valence-corrected chi connectivity index (χ3v) is 3.70. The first-order valence-electron chi connectivity index (χ1n) is 8.71. The largest absolute Gasteiger partial charge is 0.455 e. The number of esters is 3. The van der Waals surface area contributed by atoms with E-state index < -0.39 is 55.2 Å². The summed E-state index contributed by atoms with van der Waals surface area (Å²) in [7, 11) is 0. The third kappa shape index (κ3) is 7.37. The van der Waals surface area contributed by atoms with Crippen LogP contribution >= 0.6 is 0 Å². The maximum atomic E-state index is 12.1. The minimum atomic E-state index is -1.29. The number of carbonyl (C=O) groups excluding carboxylic acids is 4. The SMILES string of the molecule is C=CCO[C@@H]1O[C@H](CO)[C@@H](OC(=O)CCC(C)=O)[C@H](OC(C)=O)[C@H]1OC(C)=O. The van der Waals surface area contributed by atoms with E-state index in [0.29, 0.717) is 0 Å². The van der Waals surface area contributed by atoms with Gasteiger partial charge in [-0.2, -0.15) is 0 Å². The van der Waals surface area contributed by atoms with E-state index in [2.05, 4.69) is 6.58 Å². The van der Waals surface area contributed by atoms with Gasteiger partial charge >= 0.3 is 17.9 Å². The maximum absolute atomic E-state index is 12.1. The van der Waals surface area contributed by atoms with Gasteiger partial charge in [-0.05, 0) is 6.92 Å². The second kappa shape index (κ2) is 11.5. The number of hydrogen-bond donors (Lipinski definition) is 1. The zero-order valence-electron chi connectivity index (χ0n) is 16.1. The summed E-state index contributed by atoms with van der Waals surface area (Å²) in [6.07, 6.45) is -4.95. The van der Waals surface area contributed by atoms with E-state index in [9.17, 15) is 24.3 Å². The molecule has 1 rings (SSSR count). The van der Waals surface area contributed by atoms with E-state index in [-0.39, 0.29) is 25.2 Å². The molecule has 0 bridgehead atoms. The minimum Gasteiger partial charge on any atom is -0.455 e. The van der Waals surface area contributed by atoms with Crippen LogP contribution in [0.5, 0.6) is 0 Å². The highest BCUT2D eigenvalue weighted by atomic mass is 16.7. The summed E-state index contributed by atoms with van der Waals surface area (Å²) >= 11 is 0. The second-order valence-corrected chi connectivity index (χ2v) is 6.15. The number of aliphatic hydroxyl groups excluding tert-OH is 1. The Morgan fingerprint density at radius 2 is 1.57 bits per heavy atom. The Balaban J connectivity index is 3.14. The lowest BCUT2D eigenvalue weighted by Crippen LogP contribution is -2.62. The number of Topliss-reactive ketones (excluding diaryl/α,β-unsaturated/α-hetero) is 1. The van der Waals surface area contributed by atoms with Crippen molar-refractivity contribution >= 4 is 23.7 Å². The van der Waals surface area contributed by atoms with E-state index in [1.165, 1.54) is 13.0 Å². The highest BCUT2D eigenvalue weighted by Crippen LogP contribution is 2.29. The van der Waals surface area contributed by atoms with Crippen LogP contribution < -0.4 is 0 Å². The van der Waals surface area contributed by atoms with Crippen LogP contribution in [0.2, 0.25) is 0 Å². The highest BCUT2D eigenvalue weighted by Gasteiger charge is 2.52. The first kappa shape index (κ1) is 23.7. The highest BCUT2D eigenvalue weighted by molar-refractivity contribution is 5.81. The van der Waals surface area contributed by atoms with E-state index in [1.54, 1.807) is 0 Å². The van der Waals surface area contributed by atoms with Crippen molar-refractivity contribution in [1.29, 1.82) is 0 Å². The van der Waals surface area contributed by atoms with Crippen LogP contribution in [-0.4, -0.2) is 72.7 Å². The van der Waals surface area contributed by atoms with Crippen LogP contribution in [0.1, 0.15) is 33.6 Å². The van der Waals surface area contributed by atoms with Crippen LogP contribution in [-0.2, 0) is 42.9 Å². The molecule has 1 fully saturated rings. The molecule has 0 aromatic carbocycles. The molecule has 1 heterocycles. The van der Waals surface area contributed by atoms with Gasteiger partial charge in [0.05, 0.1) is 19.6 Å². The molecule has 0 spiro atoms. The normalized spacial score (nSPS) is 26.8. The Morgan fingerprint density at radius 1 is 0.964 bits per heavy atom. The molecule has 0 radical (unpaired) electrons. The van der Waals surface area contributed by atoms with Crippen LogP contribution in [0.3, 0.4) is 0 Å². The van der Waals surface area contributed by atoms with Gasteiger partial charge in [0.15, 0.2) is 24.6 Å². The van der Waals surface area contributed by atoms with Crippen LogP contribution in [0.25, 0.3) is 0 Å². The summed E-state index contributed by atoms with van der Waals surface area (Å²) in [6, 6.07) is 0. The zero-order valence-corrected chi connectivity index (χ0v) is 16.1. The van der Waals surface area contributed by atoms with Gasteiger partial charge in [0.2, 0.25) is 0 Å². The van der Waals surface area contributed by atoms with Crippen molar-refractivity contribution in [2.45, 2.75) is 64.3 Å². The summed E-state index contributed by atoms with van der Waals surface area (Å²) in [6.45, 7) is 6.53. The summed E-state index contributed by atoms with van der Waals surface area (Å²) < 4.78 is 26.7. The fraction of sp³-hybridized carbons (Fsp3) is 0.667. The van der Waals surface area contributed by atoms with Crippen LogP contribution in [0.15, 0.2) is 12.7 Å². The van der Waals surface area contributed by atoms with Gasteiger partial charge in [0.1, 0.15) is 11.9 Å². The van der Waals surface area contributed by atoms with Gasteiger partial charge in [-0.3, -0.25) is 14.4 Å². The van der Waals surface area contributed by atoms with Gasteiger partial charge in [0, 0.05) is 20.3 Å². The first-order valence-corrected chi connectivity index (χ1v) is 8.71. The number of rotatable bonds is 10. The van der Waals surface area contributed by atoms with Gasteiger partial charge in [-0.15, -0.1) is 6.58 Å². The van der Waals surface area contributed by atoms with E-state index in [1.807, 2.05) is 0 Å². The van der Waals surface area contributed by atoms with Crippen LogP contribution in [0.4, 0.5) is 0 Å². The molecule has 1 aliphatic heterocycles. The molecule has 10 heteroatoms.